The summed E-state index contributed by atoms with van der Waals surface area (Å²) in [5, 5.41) is 3.91. The normalized spacial score (nSPS) is 10.6. The third-order valence-electron chi connectivity index (χ3n) is 2.29. The van der Waals surface area contributed by atoms with Crippen molar-refractivity contribution in [2.45, 2.75) is 26.4 Å². The lowest BCUT2D eigenvalue weighted by molar-refractivity contribution is -0.132. The lowest BCUT2D eigenvalue weighted by Gasteiger charge is -2.21. The van der Waals surface area contributed by atoms with Crippen molar-refractivity contribution < 1.29 is 4.79 Å². The van der Waals surface area contributed by atoms with Crippen LogP contribution >= 0.6 is 22.6 Å². The Balaban J connectivity index is 2.82. The minimum Gasteiger partial charge on any atom is -0.342 e. The minimum atomic E-state index is -0.252. The van der Waals surface area contributed by atoms with E-state index in [-0.39, 0.29) is 24.1 Å². The summed E-state index contributed by atoms with van der Waals surface area (Å²) < 4.78 is 1.94. The maximum absolute atomic E-state index is 11.7. The van der Waals surface area contributed by atoms with E-state index in [9.17, 15) is 9.59 Å². The zero-order valence-corrected chi connectivity index (χ0v) is 11.6. The summed E-state index contributed by atoms with van der Waals surface area (Å²) in [6.07, 6.45) is 1.56. The second-order valence-corrected chi connectivity index (χ2v) is 5.01. The van der Waals surface area contributed by atoms with Gasteiger partial charge < -0.3 is 4.90 Å². The third kappa shape index (κ3) is 3.29. The van der Waals surface area contributed by atoms with Crippen molar-refractivity contribution in [1.29, 1.82) is 0 Å². The number of nitrogens with zero attached hydrogens (tertiary/aromatic N) is 3. The summed E-state index contributed by atoms with van der Waals surface area (Å²) in [5.41, 5.74) is -0.252. The summed E-state index contributed by atoms with van der Waals surface area (Å²) in [4.78, 5) is 24.8. The first kappa shape index (κ1) is 13.1. The van der Waals surface area contributed by atoms with E-state index in [1.807, 2.05) is 36.4 Å². The van der Waals surface area contributed by atoms with Crippen molar-refractivity contribution in [1.82, 2.24) is 14.7 Å². The second kappa shape index (κ2) is 5.42. The molecule has 1 amide bonds. The van der Waals surface area contributed by atoms with Crippen LogP contribution in [-0.4, -0.2) is 33.7 Å². The van der Waals surface area contributed by atoms with Gasteiger partial charge in [0.25, 0.3) is 5.56 Å². The summed E-state index contributed by atoms with van der Waals surface area (Å²) >= 11 is 2.01. The van der Waals surface area contributed by atoms with E-state index >= 15 is 0 Å². The van der Waals surface area contributed by atoms with Gasteiger partial charge in [-0.3, -0.25) is 9.59 Å². The average molecular weight is 335 g/mol. The molecule has 0 aliphatic rings. The van der Waals surface area contributed by atoms with Gasteiger partial charge in [0.05, 0.1) is 6.20 Å². The Morgan fingerprint density at radius 1 is 1.62 bits per heavy atom. The summed E-state index contributed by atoms with van der Waals surface area (Å²) in [5.74, 6) is -0.120. The van der Waals surface area contributed by atoms with Gasteiger partial charge in [0.1, 0.15) is 6.54 Å². The minimum absolute atomic E-state index is 0.00949. The number of aromatic nitrogens is 2. The van der Waals surface area contributed by atoms with Crippen LogP contribution in [0, 0.1) is 3.57 Å². The van der Waals surface area contributed by atoms with Crippen LogP contribution in [0.3, 0.4) is 0 Å². The van der Waals surface area contributed by atoms with E-state index in [0.717, 1.165) is 3.57 Å². The molecule has 5 nitrogen and oxygen atoms in total. The van der Waals surface area contributed by atoms with Crippen molar-refractivity contribution in [3.05, 3.63) is 26.2 Å². The van der Waals surface area contributed by atoms with Gasteiger partial charge in [-0.2, -0.15) is 5.10 Å². The van der Waals surface area contributed by atoms with Crippen molar-refractivity contribution in [3.8, 4) is 0 Å². The van der Waals surface area contributed by atoms with Gasteiger partial charge in [0.2, 0.25) is 5.91 Å². The number of rotatable bonds is 3. The van der Waals surface area contributed by atoms with E-state index in [1.165, 1.54) is 10.7 Å². The van der Waals surface area contributed by atoms with Gasteiger partial charge >= 0.3 is 0 Å². The van der Waals surface area contributed by atoms with Crippen LogP contribution < -0.4 is 5.56 Å². The van der Waals surface area contributed by atoms with Gasteiger partial charge in [-0.15, -0.1) is 0 Å². The highest BCUT2D eigenvalue weighted by Gasteiger charge is 2.13. The molecule has 0 N–H and O–H groups in total. The van der Waals surface area contributed by atoms with Crippen LogP contribution in [0.2, 0.25) is 0 Å². The molecule has 0 fully saturated rings. The Labute approximate surface area is 108 Å². The molecule has 0 saturated carbocycles. The monoisotopic (exact) mass is 335 g/mol. The second-order valence-electron chi connectivity index (χ2n) is 3.77. The lowest BCUT2D eigenvalue weighted by atomic mass is 10.3. The van der Waals surface area contributed by atoms with Crippen LogP contribution in [0.15, 0.2) is 17.1 Å². The van der Waals surface area contributed by atoms with Crippen molar-refractivity contribution >= 4 is 28.5 Å². The molecule has 88 valence electrons. The zero-order chi connectivity index (χ0) is 12.3. The Kier molecular flexibility index (Phi) is 4.45. The summed E-state index contributed by atoms with van der Waals surface area (Å²) in [7, 11) is 1.71. The number of halogens is 1. The number of hydrogen-bond donors (Lipinski definition) is 0. The molecule has 16 heavy (non-hydrogen) atoms. The highest BCUT2D eigenvalue weighted by molar-refractivity contribution is 14.1. The van der Waals surface area contributed by atoms with Crippen LogP contribution in [0.1, 0.15) is 13.8 Å². The molecule has 6 heteroatoms. The molecule has 0 radical (unpaired) electrons. The number of carbonyl (C=O) groups excluding carboxylic acids is 1. The predicted octanol–water partition coefficient (Wildman–Crippen LogP) is 0.715. The van der Waals surface area contributed by atoms with E-state index < -0.39 is 0 Å². The molecular formula is C10H14IN3O2. The molecular weight excluding hydrogens is 321 g/mol. The fourth-order valence-corrected chi connectivity index (χ4v) is 1.45. The highest BCUT2D eigenvalue weighted by atomic mass is 127. The molecule has 0 saturated heterocycles. The molecule has 0 aliphatic heterocycles. The molecule has 1 heterocycles. The number of carbonyl (C=O) groups is 1. The Morgan fingerprint density at radius 2 is 2.25 bits per heavy atom. The molecule has 1 aromatic heterocycles. The zero-order valence-electron chi connectivity index (χ0n) is 9.48. The molecule has 1 aromatic rings. The summed E-state index contributed by atoms with van der Waals surface area (Å²) in [6.45, 7) is 3.83. The molecule has 0 aliphatic carbocycles. The number of likely N-dealkylation sites (N-methyl/N-ethyl adjacent to an activating group) is 1. The fraction of sp³-hybridized carbons (Fsp3) is 0.500. The third-order valence-corrected chi connectivity index (χ3v) is 2.88. The molecule has 0 atom stereocenters. The largest absolute Gasteiger partial charge is 0.342 e. The average Bonchev–Trinajstić information content (AvgIpc) is 2.20. The van der Waals surface area contributed by atoms with Crippen molar-refractivity contribution in [2.75, 3.05) is 7.05 Å². The van der Waals surface area contributed by atoms with Crippen molar-refractivity contribution in [3.63, 3.8) is 0 Å². The Bertz CT molecular complexity index is 442. The first-order valence-corrected chi connectivity index (χ1v) is 5.98. The predicted molar refractivity (Wildman–Crippen MR) is 69.1 cm³/mol. The van der Waals surface area contributed by atoms with Crippen LogP contribution in [0.4, 0.5) is 0 Å². The molecule has 0 bridgehead atoms. The van der Waals surface area contributed by atoms with Gasteiger partial charge in [0, 0.05) is 22.7 Å². The maximum atomic E-state index is 11.7. The number of hydrogen-bond acceptors (Lipinski definition) is 3. The van der Waals surface area contributed by atoms with E-state index in [4.69, 9.17) is 0 Å². The van der Waals surface area contributed by atoms with E-state index in [1.54, 1.807) is 18.1 Å². The van der Waals surface area contributed by atoms with Crippen molar-refractivity contribution in [2.24, 2.45) is 0 Å². The van der Waals surface area contributed by atoms with Gasteiger partial charge in [0.15, 0.2) is 0 Å². The molecule has 0 unspecified atom stereocenters. The Hall–Kier alpha value is -0.920. The fourth-order valence-electron chi connectivity index (χ4n) is 1.06. The van der Waals surface area contributed by atoms with Crippen LogP contribution in [-0.2, 0) is 11.3 Å². The number of amides is 1. The van der Waals surface area contributed by atoms with Gasteiger partial charge in [-0.1, -0.05) is 0 Å². The standard InChI is InChI=1S/C10H14IN3O2/c1-7(2)13(3)10(16)6-14-9(15)4-8(11)5-12-14/h4-5,7H,6H2,1-3H3. The molecule has 0 aromatic carbocycles. The van der Waals surface area contributed by atoms with E-state index in [0.29, 0.717) is 0 Å². The quantitative estimate of drug-likeness (QED) is 0.765. The van der Waals surface area contributed by atoms with Gasteiger partial charge in [-0.05, 0) is 36.4 Å². The van der Waals surface area contributed by atoms with Crippen LogP contribution in [0.25, 0.3) is 0 Å². The SMILES string of the molecule is CC(C)N(C)C(=O)Cn1ncc(I)cc1=O. The Morgan fingerprint density at radius 3 is 2.75 bits per heavy atom. The maximum Gasteiger partial charge on any atom is 0.268 e. The highest BCUT2D eigenvalue weighted by Crippen LogP contribution is 1.98. The van der Waals surface area contributed by atoms with Gasteiger partial charge in [-0.25, -0.2) is 4.68 Å². The molecule has 1 rings (SSSR count). The molecule has 0 spiro atoms. The van der Waals surface area contributed by atoms with Crippen LogP contribution in [0.5, 0.6) is 0 Å². The first-order chi connectivity index (χ1) is 7.41. The summed E-state index contributed by atoms with van der Waals surface area (Å²) in [6, 6.07) is 1.57. The van der Waals surface area contributed by atoms with E-state index in [2.05, 4.69) is 5.10 Å². The smallest absolute Gasteiger partial charge is 0.268 e. The first-order valence-electron chi connectivity index (χ1n) is 4.90. The lowest BCUT2D eigenvalue weighted by Crippen LogP contribution is -2.38. The topological polar surface area (TPSA) is 55.2 Å².